The SMILES string of the molecule is CCc1nc(-c2ccc(N(C)C)cc2Cl)c(CC)nc1N[C@@H]1C(C)N(C(=O)O)C[C@@H]1OCCF. The highest BCUT2D eigenvalue weighted by Crippen LogP contribution is 2.34. The van der Waals surface area contributed by atoms with E-state index in [1.54, 1.807) is 0 Å². The molecule has 3 atom stereocenters. The fourth-order valence-corrected chi connectivity index (χ4v) is 4.52. The normalized spacial score (nSPS) is 20.0. The van der Waals surface area contributed by atoms with E-state index >= 15 is 0 Å². The fourth-order valence-electron chi connectivity index (χ4n) is 4.26. The first kappa shape index (κ1) is 26.0. The van der Waals surface area contributed by atoms with Gasteiger partial charge in [-0.25, -0.2) is 19.2 Å². The summed E-state index contributed by atoms with van der Waals surface area (Å²) in [5.41, 5.74) is 4.06. The third-order valence-electron chi connectivity index (χ3n) is 6.18. The van der Waals surface area contributed by atoms with Gasteiger partial charge in [-0.2, -0.15) is 0 Å². The number of aryl methyl sites for hydroxylation is 2. The molecule has 0 aliphatic carbocycles. The van der Waals surface area contributed by atoms with Gasteiger partial charge in [-0.1, -0.05) is 25.4 Å². The topological polar surface area (TPSA) is 90.8 Å². The second-order valence-corrected chi connectivity index (χ2v) is 8.93. The lowest BCUT2D eigenvalue weighted by molar-refractivity contribution is 0.0450. The molecule has 10 heteroatoms. The van der Waals surface area contributed by atoms with Crippen molar-refractivity contribution in [2.45, 2.75) is 51.8 Å². The van der Waals surface area contributed by atoms with Gasteiger partial charge in [-0.3, -0.25) is 0 Å². The number of nitrogens with one attached hydrogen (secondary N) is 1. The Labute approximate surface area is 205 Å². The summed E-state index contributed by atoms with van der Waals surface area (Å²) in [6.45, 7) is 5.24. The summed E-state index contributed by atoms with van der Waals surface area (Å²) in [6.07, 6.45) is -0.283. The average Bonchev–Trinajstić information content (AvgIpc) is 3.12. The number of likely N-dealkylation sites (tertiary alicyclic amines) is 1. The molecule has 1 saturated heterocycles. The van der Waals surface area contributed by atoms with Crippen LogP contribution < -0.4 is 10.2 Å². The summed E-state index contributed by atoms with van der Waals surface area (Å²) >= 11 is 6.62. The summed E-state index contributed by atoms with van der Waals surface area (Å²) in [6, 6.07) is 5.08. The number of amides is 1. The van der Waals surface area contributed by atoms with Crippen LogP contribution in [0.2, 0.25) is 5.02 Å². The van der Waals surface area contributed by atoms with Gasteiger partial charge in [0.2, 0.25) is 0 Å². The molecule has 1 aliphatic rings. The van der Waals surface area contributed by atoms with Crippen molar-refractivity contribution in [2.75, 3.05) is 44.1 Å². The van der Waals surface area contributed by atoms with Crippen LogP contribution in [-0.2, 0) is 17.6 Å². The van der Waals surface area contributed by atoms with E-state index < -0.39 is 18.9 Å². The number of benzene rings is 1. The van der Waals surface area contributed by atoms with Crippen molar-refractivity contribution in [3.63, 3.8) is 0 Å². The average molecular weight is 494 g/mol. The fraction of sp³-hybridized carbons (Fsp3) is 0.542. The van der Waals surface area contributed by atoms with Gasteiger partial charge in [0.05, 0.1) is 53.4 Å². The van der Waals surface area contributed by atoms with Gasteiger partial charge in [0.1, 0.15) is 12.5 Å². The van der Waals surface area contributed by atoms with Crippen LogP contribution in [0.4, 0.5) is 20.7 Å². The minimum atomic E-state index is -1.03. The van der Waals surface area contributed by atoms with Gasteiger partial charge in [-0.05, 0) is 38.0 Å². The van der Waals surface area contributed by atoms with Crippen LogP contribution in [0.1, 0.15) is 32.2 Å². The summed E-state index contributed by atoms with van der Waals surface area (Å²) in [7, 11) is 3.91. The number of hydrogen-bond acceptors (Lipinski definition) is 6. The van der Waals surface area contributed by atoms with Gasteiger partial charge in [0.25, 0.3) is 0 Å². The Kier molecular flexibility index (Phi) is 8.54. The number of rotatable bonds is 9. The van der Waals surface area contributed by atoms with E-state index in [1.165, 1.54) is 4.90 Å². The molecule has 0 saturated carbocycles. The molecule has 34 heavy (non-hydrogen) atoms. The number of nitrogens with zero attached hydrogens (tertiary/aromatic N) is 4. The number of carboxylic acid groups (broad SMARTS) is 1. The Morgan fingerprint density at radius 1 is 1.29 bits per heavy atom. The predicted octanol–water partition coefficient (Wildman–Crippen LogP) is 4.51. The highest BCUT2D eigenvalue weighted by atomic mass is 35.5. The Morgan fingerprint density at radius 2 is 2.00 bits per heavy atom. The molecule has 1 fully saturated rings. The van der Waals surface area contributed by atoms with E-state index in [2.05, 4.69) is 5.32 Å². The van der Waals surface area contributed by atoms with E-state index in [4.69, 9.17) is 26.3 Å². The van der Waals surface area contributed by atoms with Crippen molar-refractivity contribution >= 4 is 29.2 Å². The highest BCUT2D eigenvalue weighted by molar-refractivity contribution is 6.33. The maximum atomic E-state index is 12.8. The second-order valence-electron chi connectivity index (χ2n) is 8.52. The van der Waals surface area contributed by atoms with Gasteiger partial charge in [0.15, 0.2) is 0 Å². The van der Waals surface area contributed by atoms with E-state index in [1.807, 2.05) is 58.0 Å². The quantitative estimate of drug-likeness (QED) is 0.531. The smallest absolute Gasteiger partial charge is 0.407 e. The number of ether oxygens (including phenoxy) is 1. The summed E-state index contributed by atoms with van der Waals surface area (Å²) in [5, 5.41) is 13.5. The lowest BCUT2D eigenvalue weighted by Gasteiger charge is -2.26. The van der Waals surface area contributed by atoms with Crippen molar-refractivity contribution in [2.24, 2.45) is 0 Å². The van der Waals surface area contributed by atoms with Gasteiger partial charge in [0, 0.05) is 25.3 Å². The van der Waals surface area contributed by atoms with Crippen molar-refractivity contribution < 1.29 is 19.0 Å². The minimum Gasteiger partial charge on any atom is -0.465 e. The molecule has 1 amide bonds. The predicted molar refractivity (Wildman–Crippen MR) is 133 cm³/mol. The first-order valence-corrected chi connectivity index (χ1v) is 11.9. The first-order chi connectivity index (χ1) is 16.2. The third kappa shape index (κ3) is 5.36. The van der Waals surface area contributed by atoms with Crippen LogP contribution >= 0.6 is 11.6 Å². The van der Waals surface area contributed by atoms with E-state index in [0.717, 1.165) is 28.3 Å². The van der Waals surface area contributed by atoms with E-state index in [0.29, 0.717) is 23.7 Å². The standard InChI is InChI=1S/C24H33ClFN5O3/c1-6-18-22(16-9-8-15(30(4)5)12-17(16)25)27-19(7-2)23(28-18)29-21-14(3)31(24(32)33)13-20(21)34-11-10-26/h8-9,12,14,20-21H,6-7,10-11,13H2,1-5H3,(H,28,29)(H,32,33)/t14?,20-,21+/m0/s1. The largest absolute Gasteiger partial charge is 0.465 e. The first-order valence-electron chi connectivity index (χ1n) is 11.5. The van der Waals surface area contributed by atoms with Crippen LogP contribution in [0.5, 0.6) is 0 Å². The highest BCUT2D eigenvalue weighted by Gasteiger charge is 2.43. The zero-order valence-electron chi connectivity index (χ0n) is 20.3. The second kappa shape index (κ2) is 11.2. The molecule has 2 N–H and O–H groups in total. The van der Waals surface area contributed by atoms with E-state index in [9.17, 15) is 14.3 Å². The molecular formula is C24H33ClFN5O3. The Morgan fingerprint density at radius 3 is 2.56 bits per heavy atom. The maximum Gasteiger partial charge on any atom is 0.407 e. The van der Waals surface area contributed by atoms with Crippen molar-refractivity contribution in [1.29, 1.82) is 0 Å². The van der Waals surface area contributed by atoms with Crippen molar-refractivity contribution in [3.8, 4) is 11.3 Å². The summed E-state index contributed by atoms with van der Waals surface area (Å²) in [4.78, 5) is 24.8. The monoisotopic (exact) mass is 493 g/mol. The number of aromatic nitrogens is 2. The molecular weight excluding hydrogens is 461 g/mol. The number of carbonyl (C=O) groups is 1. The molecule has 0 radical (unpaired) electrons. The van der Waals surface area contributed by atoms with Crippen LogP contribution in [0.3, 0.4) is 0 Å². The Hall–Kier alpha value is -2.65. The summed E-state index contributed by atoms with van der Waals surface area (Å²) in [5.74, 6) is 0.585. The van der Waals surface area contributed by atoms with Crippen LogP contribution in [0.15, 0.2) is 18.2 Å². The maximum absolute atomic E-state index is 12.8. The number of alkyl halides is 1. The molecule has 0 spiro atoms. The van der Waals surface area contributed by atoms with Crippen LogP contribution in [0.25, 0.3) is 11.3 Å². The molecule has 2 aromatic rings. The molecule has 2 heterocycles. The van der Waals surface area contributed by atoms with Gasteiger partial charge < -0.3 is 25.0 Å². The molecule has 1 aromatic carbocycles. The van der Waals surface area contributed by atoms with Crippen LogP contribution in [0, 0.1) is 0 Å². The zero-order chi connectivity index (χ0) is 25.0. The third-order valence-corrected chi connectivity index (χ3v) is 6.49. The number of halogens is 2. The minimum absolute atomic E-state index is 0.0874. The lowest BCUT2D eigenvalue weighted by Crippen LogP contribution is -2.42. The molecule has 1 aliphatic heterocycles. The van der Waals surface area contributed by atoms with Gasteiger partial charge in [-0.15, -0.1) is 0 Å². The van der Waals surface area contributed by atoms with Gasteiger partial charge >= 0.3 is 6.09 Å². The molecule has 0 bridgehead atoms. The van der Waals surface area contributed by atoms with E-state index in [-0.39, 0.29) is 25.2 Å². The molecule has 8 nitrogen and oxygen atoms in total. The molecule has 1 aromatic heterocycles. The van der Waals surface area contributed by atoms with Crippen molar-refractivity contribution in [3.05, 3.63) is 34.6 Å². The number of hydrogen-bond donors (Lipinski definition) is 2. The number of anilines is 2. The van der Waals surface area contributed by atoms with Crippen LogP contribution in [-0.4, -0.2) is 78.2 Å². The summed E-state index contributed by atoms with van der Waals surface area (Å²) < 4.78 is 18.4. The van der Waals surface area contributed by atoms with Crippen molar-refractivity contribution in [1.82, 2.24) is 14.9 Å². The molecule has 3 rings (SSSR count). The Bertz CT molecular complexity index is 1020. The Balaban J connectivity index is 1.99. The molecule has 1 unspecified atom stereocenters. The lowest BCUT2D eigenvalue weighted by atomic mass is 10.1. The molecule has 186 valence electrons. The zero-order valence-corrected chi connectivity index (χ0v) is 21.1.